The van der Waals surface area contributed by atoms with Gasteiger partial charge in [-0.25, -0.2) is 9.48 Å². The van der Waals surface area contributed by atoms with Crippen LogP contribution in [0.5, 0.6) is 0 Å². The third kappa shape index (κ3) is 4.59. The second kappa shape index (κ2) is 9.58. The van der Waals surface area contributed by atoms with Gasteiger partial charge in [0.1, 0.15) is 5.65 Å². The van der Waals surface area contributed by atoms with Crippen LogP contribution in [0.2, 0.25) is 0 Å². The first kappa shape index (κ1) is 23.9. The van der Waals surface area contributed by atoms with Gasteiger partial charge in [-0.1, -0.05) is 17.7 Å². The van der Waals surface area contributed by atoms with E-state index in [-0.39, 0.29) is 17.9 Å². The van der Waals surface area contributed by atoms with Crippen LogP contribution in [0.3, 0.4) is 0 Å². The molecule has 0 saturated heterocycles. The number of benzene rings is 2. The van der Waals surface area contributed by atoms with Gasteiger partial charge in [-0.15, -0.1) is 0 Å². The highest BCUT2D eigenvalue weighted by atomic mass is 16.5. The standard InChI is InChI=1S/C27H28N4O4/c1-16-6-12-21(13-7-16)31-25-24(18(3)29-31)17(2)22(26(33)30(25)4)14-15-23(32)28-20-10-8-19(9-11-20)27(34)35-5/h6-13H,14-15H2,1-5H3,(H,28,32). The van der Waals surface area contributed by atoms with Gasteiger partial charge >= 0.3 is 5.97 Å². The molecule has 180 valence electrons. The zero-order chi connectivity index (χ0) is 25.3. The van der Waals surface area contributed by atoms with Crippen molar-refractivity contribution in [2.75, 3.05) is 12.4 Å². The molecule has 8 nitrogen and oxygen atoms in total. The van der Waals surface area contributed by atoms with Crippen molar-refractivity contribution in [3.8, 4) is 5.69 Å². The van der Waals surface area contributed by atoms with Crippen molar-refractivity contribution >= 4 is 28.6 Å². The lowest BCUT2D eigenvalue weighted by Crippen LogP contribution is -2.25. The lowest BCUT2D eigenvalue weighted by molar-refractivity contribution is -0.116. The Morgan fingerprint density at radius 3 is 2.29 bits per heavy atom. The molecule has 1 N–H and O–H groups in total. The molecule has 35 heavy (non-hydrogen) atoms. The molecule has 2 aromatic carbocycles. The third-order valence-corrected chi connectivity index (χ3v) is 6.21. The van der Waals surface area contributed by atoms with Crippen LogP contribution in [0.15, 0.2) is 53.3 Å². The first-order chi connectivity index (χ1) is 16.7. The minimum Gasteiger partial charge on any atom is -0.465 e. The van der Waals surface area contributed by atoms with Crippen molar-refractivity contribution in [1.29, 1.82) is 0 Å². The van der Waals surface area contributed by atoms with Gasteiger partial charge in [-0.05, 0) is 69.2 Å². The zero-order valence-corrected chi connectivity index (χ0v) is 20.5. The van der Waals surface area contributed by atoms with Crippen LogP contribution >= 0.6 is 0 Å². The second-order valence-corrected chi connectivity index (χ2v) is 8.62. The lowest BCUT2D eigenvalue weighted by atomic mass is 10.0. The third-order valence-electron chi connectivity index (χ3n) is 6.21. The molecule has 0 bridgehead atoms. The normalized spacial score (nSPS) is 11.0. The number of nitrogens with zero attached hydrogens (tertiary/aromatic N) is 3. The van der Waals surface area contributed by atoms with Gasteiger partial charge in [0, 0.05) is 30.1 Å². The Balaban J connectivity index is 1.59. The summed E-state index contributed by atoms with van der Waals surface area (Å²) in [4.78, 5) is 37.4. The van der Waals surface area contributed by atoms with Crippen molar-refractivity contribution in [3.63, 3.8) is 0 Å². The first-order valence-corrected chi connectivity index (χ1v) is 11.3. The molecule has 8 heteroatoms. The number of pyridine rings is 1. The molecule has 2 heterocycles. The van der Waals surface area contributed by atoms with E-state index >= 15 is 0 Å². The Morgan fingerprint density at radius 2 is 1.66 bits per heavy atom. The predicted octanol–water partition coefficient (Wildman–Crippen LogP) is 4.01. The number of anilines is 1. The highest BCUT2D eigenvalue weighted by Gasteiger charge is 2.20. The number of nitrogens with one attached hydrogen (secondary N) is 1. The molecular formula is C27H28N4O4. The van der Waals surface area contributed by atoms with Crippen molar-refractivity contribution in [1.82, 2.24) is 14.3 Å². The van der Waals surface area contributed by atoms with E-state index < -0.39 is 5.97 Å². The van der Waals surface area contributed by atoms with E-state index in [4.69, 9.17) is 5.10 Å². The second-order valence-electron chi connectivity index (χ2n) is 8.62. The van der Waals surface area contributed by atoms with E-state index in [1.807, 2.05) is 45.0 Å². The Labute approximate surface area is 203 Å². The summed E-state index contributed by atoms with van der Waals surface area (Å²) in [5.41, 5.74) is 5.85. The maximum Gasteiger partial charge on any atom is 0.337 e. The average molecular weight is 473 g/mol. The smallest absolute Gasteiger partial charge is 0.337 e. The molecule has 4 aromatic rings. The zero-order valence-electron chi connectivity index (χ0n) is 20.5. The van der Waals surface area contributed by atoms with Crippen LogP contribution in [0.4, 0.5) is 5.69 Å². The van der Waals surface area contributed by atoms with E-state index in [0.29, 0.717) is 23.2 Å². The molecule has 0 fully saturated rings. The van der Waals surface area contributed by atoms with Crippen molar-refractivity contribution in [3.05, 3.63) is 86.8 Å². The van der Waals surface area contributed by atoms with Gasteiger partial charge in [-0.3, -0.25) is 14.2 Å². The maximum absolute atomic E-state index is 13.3. The molecule has 0 saturated carbocycles. The topological polar surface area (TPSA) is 95.2 Å². The molecule has 0 aliphatic rings. The number of fused-ring (bicyclic) bond motifs is 1. The molecule has 0 unspecified atom stereocenters. The molecule has 1 amide bonds. The number of ether oxygens (including phenoxy) is 1. The summed E-state index contributed by atoms with van der Waals surface area (Å²) in [6.07, 6.45) is 0.446. The lowest BCUT2D eigenvalue weighted by Gasteiger charge is -2.13. The summed E-state index contributed by atoms with van der Waals surface area (Å²) in [5.74, 6) is -0.657. The van der Waals surface area contributed by atoms with Gasteiger partial charge in [-0.2, -0.15) is 5.10 Å². The van der Waals surface area contributed by atoms with E-state index in [1.54, 1.807) is 40.6 Å². The van der Waals surface area contributed by atoms with Crippen LogP contribution in [0.1, 0.15) is 39.2 Å². The molecule has 2 aromatic heterocycles. The SMILES string of the molecule is COC(=O)c1ccc(NC(=O)CCc2c(C)c3c(C)nn(-c4ccc(C)cc4)c3n(C)c2=O)cc1. The van der Waals surface area contributed by atoms with Crippen LogP contribution in [0.25, 0.3) is 16.7 Å². The highest BCUT2D eigenvalue weighted by Crippen LogP contribution is 2.26. The van der Waals surface area contributed by atoms with Crippen molar-refractivity contribution in [2.45, 2.75) is 33.6 Å². The van der Waals surface area contributed by atoms with Crippen LogP contribution < -0.4 is 10.9 Å². The number of amides is 1. The molecule has 4 rings (SSSR count). The maximum atomic E-state index is 13.3. The van der Waals surface area contributed by atoms with Gasteiger partial charge in [0.25, 0.3) is 5.56 Å². The Bertz CT molecular complexity index is 1480. The van der Waals surface area contributed by atoms with E-state index in [1.165, 1.54) is 7.11 Å². The molecule has 0 spiro atoms. The molecule has 0 aliphatic carbocycles. The summed E-state index contributed by atoms with van der Waals surface area (Å²) in [6, 6.07) is 14.5. The number of esters is 1. The number of hydrogen-bond acceptors (Lipinski definition) is 5. The number of hydrogen-bond donors (Lipinski definition) is 1. The van der Waals surface area contributed by atoms with Crippen LogP contribution in [-0.2, 0) is 23.0 Å². The van der Waals surface area contributed by atoms with E-state index in [2.05, 4.69) is 10.1 Å². The summed E-state index contributed by atoms with van der Waals surface area (Å²) >= 11 is 0. The summed E-state index contributed by atoms with van der Waals surface area (Å²) in [5, 5.41) is 8.45. The Morgan fingerprint density at radius 1 is 1.00 bits per heavy atom. The fraction of sp³-hybridized carbons (Fsp3) is 0.259. The number of rotatable bonds is 6. The number of aromatic nitrogens is 3. The van der Waals surface area contributed by atoms with Crippen molar-refractivity contribution in [2.24, 2.45) is 7.05 Å². The average Bonchev–Trinajstić information content (AvgIpc) is 3.20. The summed E-state index contributed by atoms with van der Waals surface area (Å²) in [6.45, 7) is 5.87. The van der Waals surface area contributed by atoms with Crippen LogP contribution in [0, 0.1) is 20.8 Å². The predicted molar refractivity (Wildman–Crippen MR) is 135 cm³/mol. The first-order valence-electron chi connectivity index (χ1n) is 11.3. The summed E-state index contributed by atoms with van der Waals surface area (Å²) in [7, 11) is 3.05. The quantitative estimate of drug-likeness (QED) is 0.428. The van der Waals surface area contributed by atoms with E-state index in [9.17, 15) is 14.4 Å². The Hall–Kier alpha value is -4.20. The molecule has 0 aliphatic heterocycles. The minimum absolute atomic E-state index is 0.140. The molecule has 0 atom stereocenters. The molecular weight excluding hydrogens is 444 g/mol. The molecule has 0 radical (unpaired) electrons. The highest BCUT2D eigenvalue weighted by molar-refractivity contribution is 5.93. The number of carbonyl (C=O) groups is 2. The number of methoxy groups -OCH3 is 1. The largest absolute Gasteiger partial charge is 0.465 e. The number of aryl methyl sites for hydroxylation is 4. The van der Waals surface area contributed by atoms with Crippen molar-refractivity contribution < 1.29 is 14.3 Å². The Kier molecular flexibility index (Phi) is 6.55. The van der Waals surface area contributed by atoms with Gasteiger partial charge in [0.05, 0.1) is 24.1 Å². The fourth-order valence-electron chi connectivity index (χ4n) is 4.30. The van der Waals surface area contributed by atoms with E-state index in [0.717, 1.165) is 33.5 Å². The fourth-order valence-corrected chi connectivity index (χ4v) is 4.30. The van der Waals surface area contributed by atoms with Crippen LogP contribution in [-0.4, -0.2) is 33.3 Å². The van der Waals surface area contributed by atoms with Gasteiger partial charge < -0.3 is 10.1 Å². The van der Waals surface area contributed by atoms with Gasteiger partial charge in [0.15, 0.2) is 0 Å². The minimum atomic E-state index is -0.439. The number of carbonyl (C=O) groups excluding carboxylic acids is 2. The van der Waals surface area contributed by atoms with Gasteiger partial charge in [0.2, 0.25) is 5.91 Å². The summed E-state index contributed by atoms with van der Waals surface area (Å²) < 4.78 is 8.09. The monoisotopic (exact) mass is 472 g/mol.